The number of piperazine rings is 1. The van der Waals surface area contributed by atoms with Gasteiger partial charge in [-0.2, -0.15) is 0 Å². The number of piperidine rings is 1. The van der Waals surface area contributed by atoms with Gasteiger partial charge in [-0.3, -0.25) is 9.80 Å². The van der Waals surface area contributed by atoms with Gasteiger partial charge in [-0.05, 0) is 19.0 Å². The number of aryl methyl sites for hydroxylation is 1. The minimum absolute atomic E-state index is 0.107. The Morgan fingerprint density at radius 3 is 2.48 bits per heavy atom. The van der Waals surface area contributed by atoms with Crippen molar-refractivity contribution in [1.29, 1.82) is 0 Å². The molecule has 6 heteroatoms. The monoisotopic (exact) mass is 369 g/mol. The molecule has 2 aliphatic rings. The highest BCUT2D eigenvalue weighted by atomic mass is 16.3. The zero-order valence-corrected chi connectivity index (χ0v) is 16.5. The van der Waals surface area contributed by atoms with Gasteiger partial charge in [0.05, 0.1) is 18.1 Å². The number of likely N-dealkylation sites (tertiary alicyclic amines) is 1. The highest BCUT2D eigenvalue weighted by Gasteiger charge is 2.46. The molecule has 0 radical (unpaired) electrons. The third-order valence-electron chi connectivity index (χ3n) is 6.35. The molecule has 2 fully saturated rings. The zero-order valence-electron chi connectivity index (χ0n) is 16.5. The van der Waals surface area contributed by atoms with Crippen molar-refractivity contribution in [3.63, 3.8) is 0 Å². The lowest BCUT2D eigenvalue weighted by molar-refractivity contribution is -0.108. The van der Waals surface area contributed by atoms with E-state index in [2.05, 4.69) is 43.4 Å². The summed E-state index contributed by atoms with van der Waals surface area (Å²) in [6.45, 7) is 6.78. The first-order valence-electron chi connectivity index (χ1n) is 9.94. The fourth-order valence-electron chi connectivity index (χ4n) is 4.51. The molecule has 4 rings (SSSR count). The van der Waals surface area contributed by atoms with Crippen molar-refractivity contribution in [2.45, 2.75) is 24.6 Å². The van der Waals surface area contributed by atoms with E-state index < -0.39 is 5.60 Å². The molecule has 0 aliphatic carbocycles. The Bertz CT molecular complexity index is 740. The van der Waals surface area contributed by atoms with Gasteiger partial charge in [0.25, 0.3) is 0 Å². The number of rotatable bonds is 4. The molecule has 2 atom stereocenters. The van der Waals surface area contributed by atoms with Gasteiger partial charge in [0.1, 0.15) is 5.60 Å². The molecule has 0 amide bonds. The number of imidazole rings is 1. The van der Waals surface area contributed by atoms with Crippen LogP contribution in [0.5, 0.6) is 0 Å². The molecule has 0 unspecified atom stereocenters. The van der Waals surface area contributed by atoms with Crippen LogP contribution in [0.1, 0.15) is 17.7 Å². The lowest BCUT2D eigenvalue weighted by Crippen LogP contribution is -2.63. The Hall–Kier alpha value is -1.73. The van der Waals surface area contributed by atoms with E-state index in [1.807, 2.05) is 37.8 Å². The topological polar surface area (TPSA) is 47.8 Å². The molecule has 146 valence electrons. The summed E-state index contributed by atoms with van der Waals surface area (Å²) in [5.41, 5.74) is 1.48. The molecule has 1 aromatic carbocycles. The molecule has 0 bridgehead atoms. The van der Waals surface area contributed by atoms with Crippen LogP contribution in [-0.2, 0) is 19.2 Å². The Kier molecular flexibility index (Phi) is 5.32. The van der Waals surface area contributed by atoms with E-state index in [1.54, 1.807) is 0 Å². The van der Waals surface area contributed by atoms with Crippen LogP contribution < -0.4 is 0 Å². The summed E-state index contributed by atoms with van der Waals surface area (Å²) < 4.78 is 2.09. The van der Waals surface area contributed by atoms with E-state index in [0.29, 0.717) is 0 Å². The summed E-state index contributed by atoms with van der Waals surface area (Å²) in [4.78, 5) is 11.6. The van der Waals surface area contributed by atoms with Crippen LogP contribution in [0.4, 0.5) is 0 Å². The fourth-order valence-corrected chi connectivity index (χ4v) is 4.51. The third-order valence-corrected chi connectivity index (χ3v) is 6.35. The zero-order chi connectivity index (χ0) is 18.9. The Labute approximate surface area is 162 Å². The normalized spacial score (nSPS) is 28.5. The maximum absolute atomic E-state index is 11.8. The van der Waals surface area contributed by atoms with Crippen LogP contribution in [0.2, 0.25) is 0 Å². The largest absolute Gasteiger partial charge is 0.383 e. The van der Waals surface area contributed by atoms with Gasteiger partial charge in [0.2, 0.25) is 0 Å². The standard InChI is InChI=1S/C21H31N5O/c1-23-10-12-26(13-11-23)20-16-25(15-19-14-22-17-24(19)2)9-8-21(20,27)18-6-4-3-5-7-18/h3-7,14,17,20,27H,8-13,15-16H2,1-2H3/t20-,21+/m1/s1. The molecule has 1 N–H and O–H groups in total. The number of hydrogen-bond donors (Lipinski definition) is 1. The number of aliphatic hydroxyl groups is 1. The molecule has 0 saturated carbocycles. The van der Waals surface area contributed by atoms with Gasteiger partial charge in [-0.1, -0.05) is 30.3 Å². The van der Waals surface area contributed by atoms with Crippen LogP contribution in [0, 0.1) is 0 Å². The minimum atomic E-state index is -0.792. The Morgan fingerprint density at radius 2 is 1.81 bits per heavy atom. The summed E-state index contributed by atoms with van der Waals surface area (Å²) in [7, 11) is 4.22. The molecular weight excluding hydrogens is 338 g/mol. The maximum Gasteiger partial charge on any atom is 0.108 e. The molecule has 27 heavy (non-hydrogen) atoms. The first-order chi connectivity index (χ1) is 13.1. The van der Waals surface area contributed by atoms with E-state index in [1.165, 1.54) is 5.69 Å². The van der Waals surface area contributed by atoms with Gasteiger partial charge < -0.3 is 14.6 Å². The smallest absolute Gasteiger partial charge is 0.108 e. The Morgan fingerprint density at radius 1 is 1.07 bits per heavy atom. The highest BCUT2D eigenvalue weighted by Crippen LogP contribution is 2.36. The van der Waals surface area contributed by atoms with Gasteiger partial charge in [0, 0.05) is 59.1 Å². The number of likely N-dealkylation sites (N-methyl/N-ethyl adjacent to an activating group) is 1. The van der Waals surface area contributed by atoms with E-state index >= 15 is 0 Å². The van der Waals surface area contributed by atoms with E-state index in [0.717, 1.165) is 57.8 Å². The maximum atomic E-state index is 11.8. The van der Waals surface area contributed by atoms with Gasteiger partial charge in [-0.25, -0.2) is 4.98 Å². The number of hydrogen-bond acceptors (Lipinski definition) is 5. The first kappa shape index (κ1) is 18.6. The van der Waals surface area contributed by atoms with Crippen LogP contribution in [-0.4, -0.2) is 81.7 Å². The lowest BCUT2D eigenvalue weighted by atomic mass is 9.79. The van der Waals surface area contributed by atoms with E-state index in [-0.39, 0.29) is 6.04 Å². The predicted octanol–water partition coefficient (Wildman–Crippen LogP) is 1.13. The van der Waals surface area contributed by atoms with Crippen molar-refractivity contribution < 1.29 is 5.11 Å². The van der Waals surface area contributed by atoms with Gasteiger partial charge >= 0.3 is 0 Å². The summed E-state index contributed by atoms with van der Waals surface area (Å²) in [5, 5.41) is 11.8. The Balaban J connectivity index is 1.57. The highest BCUT2D eigenvalue weighted by molar-refractivity contribution is 5.26. The lowest BCUT2D eigenvalue weighted by Gasteiger charge is -2.51. The van der Waals surface area contributed by atoms with Crippen LogP contribution in [0.3, 0.4) is 0 Å². The first-order valence-corrected chi connectivity index (χ1v) is 9.94. The van der Waals surface area contributed by atoms with Crippen LogP contribution in [0.25, 0.3) is 0 Å². The van der Waals surface area contributed by atoms with Gasteiger partial charge in [-0.15, -0.1) is 0 Å². The third kappa shape index (κ3) is 3.80. The van der Waals surface area contributed by atoms with E-state index in [9.17, 15) is 5.11 Å². The van der Waals surface area contributed by atoms with Crippen LogP contribution in [0.15, 0.2) is 42.9 Å². The number of aromatic nitrogens is 2. The molecule has 0 spiro atoms. The average Bonchev–Trinajstić information content (AvgIpc) is 3.09. The molecular formula is C21H31N5O. The molecule has 3 heterocycles. The summed E-state index contributed by atoms with van der Waals surface area (Å²) in [5.74, 6) is 0. The minimum Gasteiger partial charge on any atom is -0.383 e. The van der Waals surface area contributed by atoms with Crippen molar-refractivity contribution in [1.82, 2.24) is 24.3 Å². The van der Waals surface area contributed by atoms with Crippen LogP contribution >= 0.6 is 0 Å². The van der Waals surface area contributed by atoms with Crippen molar-refractivity contribution >= 4 is 0 Å². The second-order valence-corrected chi connectivity index (χ2v) is 8.13. The van der Waals surface area contributed by atoms with Crippen molar-refractivity contribution in [3.8, 4) is 0 Å². The molecule has 2 aromatic rings. The molecule has 2 saturated heterocycles. The number of nitrogens with zero attached hydrogens (tertiary/aromatic N) is 5. The average molecular weight is 370 g/mol. The van der Waals surface area contributed by atoms with Crippen molar-refractivity contribution in [2.24, 2.45) is 7.05 Å². The SMILES string of the molecule is CN1CCN([C@@H]2CN(Cc3cncn3C)CC[C@]2(O)c2ccccc2)CC1. The molecule has 1 aromatic heterocycles. The predicted molar refractivity (Wildman–Crippen MR) is 106 cm³/mol. The summed E-state index contributed by atoms with van der Waals surface area (Å²) in [6, 6.07) is 10.4. The summed E-state index contributed by atoms with van der Waals surface area (Å²) in [6.07, 6.45) is 4.56. The second kappa shape index (κ2) is 7.72. The molecule has 6 nitrogen and oxygen atoms in total. The quantitative estimate of drug-likeness (QED) is 0.876. The van der Waals surface area contributed by atoms with E-state index in [4.69, 9.17) is 0 Å². The van der Waals surface area contributed by atoms with Crippen molar-refractivity contribution in [3.05, 3.63) is 54.1 Å². The fraction of sp³-hybridized carbons (Fsp3) is 0.571. The van der Waals surface area contributed by atoms with Crippen molar-refractivity contribution in [2.75, 3.05) is 46.3 Å². The second-order valence-electron chi connectivity index (χ2n) is 8.13. The molecule has 2 aliphatic heterocycles. The van der Waals surface area contributed by atoms with Gasteiger partial charge in [0.15, 0.2) is 0 Å². The summed E-state index contributed by atoms with van der Waals surface area (Å²) >= 11 is 0. The number of benzene rings is 1.